The van der Waals surface area contributed by atoms with Crippen LogP contribution >= 0.6 is 0 Å². The zero-order chi connectivity index (χ0) is 15.4. The molecule has 5 nitrogen and oxygen atoms in total. The van der Waals surface area contributed by atoms with E-state index in [0.29, 0.717) is 31.9 Å². The van der Waals surface area contributed by atoms with Gasteiger partial charge in [0.1, 0.15) is 5.75 Å². The zero-order valence-electron chi connectivity index (χ0n) is 12.1. The third-order valence-corrected chi connectivity index (χ3v) is 3.50. The summed E-state index contributed by atoms with van der Waals surface area (Å²) >= 11 is 0. The average Bonchev–Trinajstić information content (AvgIpc) is 2.57. The fourth-order valence-corrected chi connectivity index (χ4v) is 2.26. The summed E-state index contributed by atoms with van der Waals surface area (Å²) in [6.07, 6.45) is 0. The molecule has 0 unspecified atom stereocenters. The largest absolute Gasteiger partial charge is 0.508 e. The number of hydrogen-bond acceptors (Lipinski definition) is 5. The van der Waals surface area contributed by atoms with Gasteiger partial charge in [-0.1, -0.05) is 24.3 Å². The molecule has 0 radical (unpaired) electrons. The van der Waals surface area contributed by atoms with Gasteiger partial charge in [0.15, 0.2) is 0 Å². The Balaban J connectivity index is 1.68. The van der Waals surface area contributed by atoms with Gasteiger partial charge in [0, 0.05) is 0 Å². The number of nitrogens with zero attached hydrogens (tertiary/aromatic N) is 1. The predicted molar refractivity (Wildman–Crippen MR) is 81.4 cm³/mol. The molecule has 0 saturated carbocycles. The Bertz CT molecular complexity index is 631. The monoisotopic (exact) mass is 299 g/mol. The molecular formula is C17H17NO4. The van der Waals surface area contributed by atoms with E-state index in [1.54, 1.807) is 29.3 Å². The van der Waals surface area contributed by atoms with Crippen LogP contribution in [0.25, 0.3) is 11.1 Å². The van der Waals surface area contributed by atoms with E-state index >= 15 is 0 Å². The number of carbonyl (C=O) groups excluding carboxylic acids is 1. The summed E-state index contributed by atoms with van der Waals surface area (Å²) in [4.78, 5) is 17.4. The number of rotatable bonds is 3. The highest BCUT2D eigenvalue weighted by molar-refractivity contribution is 5.89. The Kier molecular flexibility index (Phi) is 4.37. The van der Waals surface area contributed by atoms with Crippen LogP contribution in [-0.2, 0) is 9.57 Å². The Morgan fingerprint density at radius 2 is 1.50 bits per heavy atom. The number of hydroxylamine groups is 2. The van der Waals surface area contributed by atoms with Gasteiger partial charge in [-0.3, -0.25) is 0 Å². The fourth-order valence-electron chi connectivity index (χ4n) is 2.26. The second kappa shape index (κ2) is 6.60. The van der Waals surface area contributed by atoms with Crippen molar-refractivity contribution in [3.63, 3.8) is 0 Å². The number of benzene rings is 2. The minimum absolute atomic E-state index is 0.231. The van der Waals surface area contributed by atoms with Crippen LogP contribution in [0.5, 0.6) is 5.75 Å². The summed E-state index contributed by atoms with van der Waals surface area (Å²) < 4.78 is 5.21. The van der Waals surface area contributed by atoms with Gasteiger partial charge in [0.05, 0.1) is 31.9 Å². The van der Waals surface area contributed by atoms with Gasteiger partial charge in [-0.05, 0) is 35.4 Å². The van der Waals surface area contributed by atoms with E-state index in [1.165, 1.54) is 0 Å². The van der Waals surface area contributed by atoms with Crippen LogP contribution in [0.1, 0.15) is 10.4 Å². The maximum Gasteiger partial charge on any atom is 0.357 e. The second-order valence-electron chi connectivity index (χ2n) is 5.04. The highest BCUT2D eigenvalue weighted by atomic mass is 16.7. The molecule has 0 atom stereocenters. The van der Waals surface area contributed by atoms with Crippen molar-refractivity contribution in [2.45, 2.75) is 0 Å². The van der Waals surface area contributed by atoms with Crippen molar-refractivity contribution in [3.8, 4) is 16.9 Å². The van der Waals surface area contributed by atoms with E-state index in [9.17, 15) is 9.90 Å². The highest BCUT2D eigenvalue weighted by Crippen LogP contribution is 2.22. The number of carbonyl (C=O) groups is 1. The van der Waals surface area contributed by atoms with E-state index in [1.807, 2.05) is 24.3 Å². The molecule has 3 rings (SSSR count). The lowest BCUT2D eigenvalue weighted by Gasteiger charge is -2.24. The van der Waals surface area contributed by atoms with Gasteiger partial charge in [-0.2, -0.15) is 0 Å². The molecule has 1 N–H and O–H groups in total. The van der Waals surface area contributed by atoms with Gasteiger partial charge in [0.2, 0.25) is 0 Å². The first-order valence-electron chi connectivity index (χ1n) is 7.17. The molecule has 0 aromatic heterocycles. The maximum atomic E-state index is 12.1. The van der Waals surface area contributed by atoms with Crippen LogP contribution in [0, 0.1) is 0 Å². The van der Waals surface area contributed by atoms with Crippen molar-refractivity contribution < 1.29 is 19.5 Å². The zero-order valence-corrected chi connectivity index (χ0v) is 12.1. The summed E-state index contributed by atoms with van der Waals surface area (Å²) in [5.41, 5.74) is 2.46. The molecule has 1 aliphatic rings. The van der Waals surface area contributed by atoms with Crippen LogP contribution < -0.4 is 0 Å². The van der Waals surface area contributed by atoms with Crippen LogP contribution in [0.2, 0.25) is 0 Å². The molecule has 2 aromatic carbocycles. The molecular weight excluding hydrogens is 282 g/mol. The molecule has 22 heavy (non-hydrogen) atoms. The minimum Gasteiger partial charge on any atom is -0.508 e. The number of hydrogen-bond donors (Lipinski definition) is 1. The van der Waals surface area contributed by atoms with Crippen LogP contribution in [0.15, 0.2) is 48.5 Å². The lowest BCUT2D eigenvalue weighted by Crippen LogP contribution is -2.37. The Labute approximate surface area is 128 Å². The maximum absolute atomic E-state index is 12.1. The van der Waals surface area contributed by atoms with E-state index in [-0.39, 0.29) is 11.7 Å². The normalized spacial score (nSPS) is 15.5. The van der Waals surface area contributed by atoms with Crippen molar-refractivity contribution in [2.75, 3.05) is 26.3 Å². The number of phenolic OH excluding ortho intramolecular Hbond substituents is 1. The summed E-state index contributed by atoms with van der Waals surface area (Å²) in [6, 6.07) is 14.1. The third-order valence-electron chi connectivity index (χ3n) is 3.50. The number of phenols is 1. The lowest BCUT2D eigenvalue weighted by molar-refractivity contribution is -0.150. The van der Waals surface area contributed by atoms with Gasteiger partial charge in [-0.15, -0.1) is 5.06 Å². The highest BCUT2D eigenvalue weighted by Gasteiger charge is 2.16. The Morgan fingerprint density at radius 3 is 2.09 bits per heavy atom. The summed E-state index contributed by atoms with van der Waals surface area (Å²) in [5.74, 6) is -0.131. The summed E-state index contributed by atoms with van der Waals surface area (Å²) in [5, 5.41) is 10.9. The number of ether oxygens (including phenoxy) is 1. The smallest absolute Gasteiger partial charge is 0.357 e. The molecule has 0 aliphatic carbocycles. The molecule has 0 amide bonds. The second-order valence-corrected chi connectivity index (χ2v) is 5.04. The topological polar surface area (TPSA) is 59.0 Å². The van der Waals surface area contributed by atoms with E-state index in [4.69, 9.17) is 9.57 Å². The van der Waals surface area contributed by atoms with E-state index in [2.05, 4.69) is 0 Å². The van der Waals surface area contributed by atoms with Crippen molar-refractivity contribution in [3.05, 3.63) is 54.1 Å². The van der Waals surface area contributed by atoms with Gasteiger partial charge < -0.3 is 14.7 Å². The molecule has 0 spiro atoms. The first kappa shape index (κ1) is 14.6. The number of aromatic hydroxyl groups is 1. The van der Waals surface area contributed by atoms with Gasteiger partial charge >= 0.3 is 5.97 Å². The predicted octanol–water partition coefficient (Wildman–Crippen LogP) is 2.46. The summed E-state index contributed by atoms with van der Waals surface area (Å²) in [7, 11) is 0. The standard InChI is InChI=1S/C17H17NO4/c19-16-7-5-14(6-8-16)13-1-3-15(4-2-13)17(20)22-18-9-11-21-12-10-18/h1-8,19H,9-12H2. The number of morpholine rings is 1. The van der Waals surface area contributed by atoms with Crippen LogP contribution in [-0.4, -0.2) is 42.4 Å². The molecule has 114 valence electrons. The first-order chi connectivity index (χ1) is 10.7. The van der Waals surface area contributed by atoms with Crippen molar-refractivity contribution >= 4 is 5.97 Å². The molecule has 1 aliphatic heterocycles. The molecule has 1 heterocycles. The van der Waals surface area contributed by atoms with E-state index < -0.39 is 0 Å². The molecule has 0 bridgehead atoms. The minimum atomic E-state index is -0.362. The Hall–Kier alpha value is -2.37. The molecule has 1 saturated heterocycles. The van der Waals surface area contributed by atoms with Crippen molar-refractivity contribution in [1.29, 1.82) is 0 Å². The van der Waals surface area contributed by atoms with Crippen LogP contribution in [0.4, 0.5) is 0 Å². The van der Waals surface area contributed by atoms with Crippen molar-refractivity contribution in [2.24, 2.45) is 0 Å². The van der Waals surface area contributed by atoms with Gasteiger partial charge in [-0.25, -0.2) is 4.79 Å². The SMILES string of the molecule is O=C(ON1CCOCC1)c1ccc(-c2ccc(O)cc2)cc1. The third kappa shape index (κ3) is 3.44. The lowest BCUT2D eigenvalue weighted by atomic mass is 10.0. The quantitative estimate of drug-likeness (QED) is 0.943. The molecule has 1 fully saturated rings. The van der Waals surface area contributed by atoms with E-state index in [0.717, 1.165) is 11.1 Å². The Morgan fingerprint density at radius 1 is 0.955 bits per heavy atom. The van der Waals surface area contributed by atoms with Crippen molar-refractivity contribution in [1.82, 2.24) is 5.06 Å². The molecule has 2 aromatic rings. The average molecular weight is 299 g/mol. The molecule has 5 heteroatoms. The first-order valence-corrected chi connectivity index (χ1v) is 7.17. The summed E-state index contributed by atoms with van der Waals surface area (Å²) in [6.45, 7) is 2.34. The van der Waals surface area contributed by atoms with Crippen LogP contribution in [0.3, 0.4) is 0 Å². The van der Waals surface area contributed by atoms with Gasteiger partial charge in [0.25, 0.3) is 0 Å². The fraction of sp³-hybridized carbons (Fsp3) is 0.235.